The van der Waals surface area contributed by atoms with Gasteiger partial charge >= 0.3 is 0 Å². The third kappa shape index (κ3) is 3.46. The Morgan fingerprint density at radius 2 is 2.05 bits per heavy atom. The van der Waals surface area contributed by atoms with Crippen LogP contribution < -0.4 is 5.32 Å². The van der Waals surface area contributed by atoms with Gasteiger partial charge in [-0.15, -0.1) is 0 Å². The summed E-state index contributed by atoms with van der Waals surface area (Å²) in [6.07, 6.45) is 7.87. The Labute approximate surface area is 125 Å². The molecule has 1 aliphatic rings. The molecule has 0 aliphatic heterocycles. The molecular formula is C18H24FNO. The van der Waals surface area contributed by atoms with Crippen LogP contribution in [0.5, 0.6) is 0 Å². The normalized spacial score (nSPS) is 18.2. The van der Waals surface area contributed by atoms with Gasteiger partial charge in [-0.05, 0) is 43.1 Å². The van der Waals surface area contributed by atoms with Gasteiger partial charge in [-0.25, -0.2) is 4.39 Å². The fraction of sp³-hybridized carbons (Fsp3) is 0.556. The second kappa shape index (κ2) is 6.61. The molecule has 0 saturated heterocycles. The van der Waals surface area contributed by atoms with Gasteiger partial charge in [-0.1, -0.05) is 39.0 Å². The summed E-state index contributed by atoms with van der Waals surface area (Å²) >= 11 is 0. The smallest absolute Gasteiger partial charge is 0.134 e. The Hall–Kier alpha value is -1.35. The number of hydrogen-bond acceptors (Lipinski definition) is 2. The van der Waals surface area contributed by atoms with Crippen LogP contribution in [-0.2, 0) is 0 Å². The Morgan fingerprint density at radius 1 is 1.24 bits per heavy atom. The van der Waals surface area contributed by atoms with Gasteiger partial charge in [0.2, 0.25) is 0 Å². The summed E-state index contributed by atoms with van der Waals surface area (Å²) in [5.74, 6) is 1.53. The zero-order valence-electron chi connectivity index (χ0n) is 12.7. The van der Waals surface area contributed by atoms with Crippen molar-refractivity contribution in [1.82, 2.24) is 5.32 Å². The van der Waals surface area contributed by atoms with Crippen LogP contribution in [0.1, 0.15) is 57.3 Å². The summed E-state index contributed by atoms with van der Waals surface area (Å²) < 4.78 is 19.3. The van der Waals surface area contributed by atoms with Gasteiger partial charge in [0.25, 0.3) is 0 Å². The van der Waals surface area contributed by atoms with Gasteiger partial charge in [-0.2, -0.15) is 0 Å². The Morgan fingerprint density at radius 3 is 2.81 bits per heavy atom. The standard InChI is InChI=1S/C18H24FNO/c1-2-20-16(10-13-6-4-3-5-7-13)18-12-14-11-15(19)8-9-17(14)21-18/h8-9,11-13,16,20H,2-7,10H2,1H3. The first-order valence-corrected chi connectivity index (χ1v) is 8.18. The number of hydrogen-bond donors (Lipinski definition) is 1. The third-order valence-electron chi connectivity index (χ3n) is 4.59. The maximum Gasteiger partial charge on any atom is 0.134 e. The third-order valence-corrected chi connectivity index (χ3v) is 4.59. The van der Waals surface area contributed by atoms with E-state index in [0.29, 0.717) is 0 Å². The highest BCUT2D eigenvalue weighted by molar-refractivity contribution is 5.78. The average Bonchev–Trinajstić information content (AvgIpc) is 2.91. The molecule has 21 heavy (non-hydrogen) atoms. The monoisotopic (exact) mass is 289 g/mol. The minimum atomic E-state index is -0.206. The number of benzene rings is 1. The predicted molar refractivity (Wildman–Crippen MR) is 83.8 cm³/mol. The molecule has 1 N–H and O–H groups in total. The van der Waals surface area contributed by atoms with Crippen molar-refractivity contribution in [3.8, 4) is 0 Å². The van der Waals surface area contributed by atoms with E-state index in [1.165, 1.54) is 38.2 Å². The highest BCUT2D eigenvalue weighted by Crippen LogP contribution is 2.34. The molecule has 2 nitrogen and oxygen atoms in total. The molecule has 1 unspecified atom stereocenters. The predicted octanol–water partition coefficient (Wildman–Crippen LogP) is 5.19. The Balaban J connectivity index is 1.80. The van der Waals surface area contributed by atoms with Crippen molar-refractivity contribution in [2.45, 2.75) is 51.5 Å². The minimum absolute atomic E-state index is 0.206. The van der Waals surface area contributed by atoms with E-state index in [9.17, 15) is 4.39 Å². The van der Waals surface area contributed by atoms with Crippen LogP contribution in [-0.4, -0.2) is 6.54 Å². The fourth-order valence-corrected chi connectivity index (χ4v) is 3.51. The SMILES string of the molecule is CCNC(CC1CCCCC1)c1cc2cc(F)ccc2o1. The van der Waals surface area contributed by atoms with Gasteiger partial charge < -0.3 is 9.73 Å². The van der Waals surface area contributed by atoms with Gasteiger partial charge in [0.15, 0.2) is 0 Å². The molecule has 2 aromatic rings. The number of halogens is 1. The largest absolute Gasteiger partial charge is 0.459 e. The molecule has 0 radical (unpaired) electrons. The molecule has 0 bridgehead atoms. The van der Waals surface area contributed by atoms with Crippen LogP contribution in [0.15, 0.2) is 28.7 Å². The van der Waals surface area contributed by atoms with Crippen molar-refractivity contribution in [2.75, 3.05) is 6.54 Å². The van der Waals surface area contributed by atoms with Gasteiger partial charge in [0.1, 0.15) is 17.2 Å². The summed E-state index contributed by atoms with van der Waals surface area (Å²) in [6.45, 7) is 3.04. The van der Waals surface area contributed by atoms with Crippen LogP contribution in [0.25, 0.3) is 11.0 Å². The van der Waals surface area contributed by atoms with Gasteiger partial charge in [-0.3, -0.25) is 0 Å². The van der Waals surface area contributed by atoms with Crippen molar-refractivity contribution >= 4 is 11.0 Å². The van der Waals surface area contributed by atoms with Crippen LogP contribution in [0, 0.1) is 11.7 Å². The number of furan rings is 1. The van der Waals surface area contributed by atoms with E-state index in [-0.39, 0.29) is 11.9 Å². The first-order chi connectivity index (χ1) is 10.3. The van der Waals surface area contributed by atoms with E-state index in [1.54, 1.807) is 12.1 Å². The molecule has 3 rings (SSSR count). The van der Waals surface area contributed by atoms with Crippen LogP contribution in [0.2, 0.25) is 0 Å². The van der Waals surface area contributed by atoms with E-state index >= 15 is 0 Å². The number of nitrogens with one attached hydrogen (secondary N) is 1. The lowest BCUT2D eigenvalue weighted by molar-refractivity contribution is 0.285. The zero-order valence-corrected chi connectivity index (χ0v) is 12.7. The van der Waals surface area contributed by atoms with Crippen molar-refractivity contribution in [1.29, 1.82) is 0 Å². The van der Waals surface area contributed by atoms with E-state index in [1.807, 2.05) is 6.07 Å². The second-order valence-corrected chi connectivity index (χ2v) is 6.18. The van der Waals surface area contributed by atoms with Crippen molar-refractivity contribution in [3.63, 3.8) is 0 Å². The van der Waals surface area contributed by atoms with E-state index in [0.717, 1.165) is 35.6 Å². The van der Waals surface area contributed by atoms with Crippen LogP contribution >= 0.6 is 0 Å². The van der Waals surface area contributed by atoms with E-state index in [4.69, 9.17) is 4.42 Å². The quantitative estimate of drug-likeness (QED) is 0.819. The zero-order chi connectivity index (χ0) is 14.7. The Kier molecular flexibility index (Phi) is 4.59. The molecule has 3 heteroatoms. The lowest BCUT2D eigenvalue weighted by atomic mass is 9.84. The highest BCUT2D eigenvalue weighted by Gasteiger charge is 2.22. The van der Waals surface area contributed by atoms with Crippen molar-refractivity contribution in [3.05, 3.63) is 35.8 Å². The first-order valence-electron chi connectivity index (χ1n) is 8.18. The molecule has 1 aliphatic carbocycles. The van der Waals surface area contributed by atoms with Crippen LogP contribution in [0.4, 0.5) is 4.39 Å². The summed E-state index contributed by atoms with van der Waals surface area (Å²) in [6, 6.07) is 6.96. The summed E-state index contributed by atoms with van der Waals surface area (Å²) in [7, 11) is 0. The lowest BCUT2D eigenvalue weighted by Gasteiger charge is -2.26. The molecule has 1 heterocycles. The highest BCUT2D eigenvalue weighted by atomic mass is 19.1. The molecule has 1 aromatic heterocycles. The molecule has 1 atom stereocenters. The lowest BCUT2D eigenvalue weighted by Crippen LogP contribution is -2.24. The number of rotatable bonds is 5. The molecule has 1 aromatic carbocycles. The summed E-state index contributed by atoms with van der Waals surface area (Å²) in [5.41, 5.74) is 0.776. The fourth-order valence-electron chi connectivity index (χ4n) is 3.51. The number of fused-ring (bicyclic) bond motifs is 1. The molecule has 1 saturated carbocycles. The molecule has 0 amide bonds. The maximum atomic E-state index is 13.3. The topological polar surface area (TPSA) is 25.2 Å². The van der Waals surface area contributed by atoms with E-state index in [2.05, 4.69) is 12.2 Å². The van der Waals surface area contributed by atoms with Crippen molar-refractivity contribution in [2.24, 2.45) is 5.92 Å². The first kappa shape index (κ1) is 14.6. The molecular weight excluding hydrogens is 265 g/mol. The average molecular weight is 289 g/mol. The molecule has 0 spiro atoms. The maximum absolute atomic E-state index is 13.3. The van der Waals surface area contributed by atoms with Gasteiger partial charge in [0.05, 0.1) is 6.04 Å². The minimum Gasteiger partial charge on any atom is -0.459 e. The molecule has 114 valence electrons. The second-order valence-electron chi connectivity index (χ2n) is 6.18. The van der Waals surface area contributed by atoms with Crippen LogP contribution in [0.3, 0.4) is 0 Å². The van der Waals surface area contributed by atoms with E-state index < -0.39 is 0 Å². The summed E-state index contributed by atoms with van der Waals surface area (Å²) in [4.78, 5) is 0. The molecule has 1 fully saturated rings. The van der Waals surface area contributed by atoms with Gasteiger partial charge in [0, 0.05) is 5.39 Å². The van der Waals surface area contributed by atoms with Crippen molar-refractivity contribution < 1.29 is 8.81 Å². The Bertz CT molecular complexity index is 586. The summed E-state index contributed by atoms with van der Waals surface area (Å²) in [5, 5.41) is 4.39.